The predicted octanol–water partition coefficient (Wildman–Crippen LogP) is 1.04. The summed E-state index contributed by atoms with van der Waals surface area (Å²) in [6.07, 6.45) is 1.36. The third-order valence-corrected chi connectivity index (χ3v) is 6.52. The lowest BCUT2D eigenvalue weighted by molar-refractivity contribution is 0.552. The molecule has 1 fully saturated rings. The number of hydrogen-bond donors (Lipinski definition) is 0. The fourth-order valence-electron chi connectivity index (χ4n) is 2.18. The molecule has 2 atom stereocenters. The molecule has 110 valence electrons. The maximum atomic E-state index is 11.5. The molecule has 0 spiro atoms. The Morgan fingerprint density at radius 2 is 2.30 bits per heavy atom. The number of hydrogen-bond acceptors (Lipinski definition) is 6. The molecule has 1 saturated heterocycles. The van der Waals surface area contributed by atoms with Crippen LogP contribution in [0.15, 0.2) is 5.16 Å². The van der Waals surface area contributed by atoms with Crippen molar-refractivity contribution in [2.75, 3.05) is 17.3 Å². The molecule has 2 heterocycles. The Kier molecular flexibility index (Phi) is 4.70. The van der Waals surface area contributed by atoms with Gasteiger partial charge in [-0.1, -0.05) is 11.8 Å². The number of sulfone groups is 1. The number of nitrogens with zero attached hydrogens (tertiary/aromatic N) is 4. The monoisotopic (exact) mass is 314 g/mol. The lowest BCUT2D eigenvalue weighted by Crippen LogP contribution is -2.11. The van der Waals surface area contributed by atoms with Crippen LogP contribution in [0.3, 0.4) is 0 Å². The summed E-state index contributed by atoms with van der Waals surface area (Å²) in [5, 5.41) is 17.8. The van der Waals surface area contributed by atoms with Gasteiger partial charge in [-0.2, -0.15) is 5.26 Å². The lowest BCUT2D eigenvalue weighted by Gasteiger charge is -2.07. The first-order valence-corrected chi connectivity index (χ1v) is 9.33. The van der Waals surface area contributed by atoms with Gasteiger partial charge in [-0.15, -0.1) is 10.2 Å². The molecular formula is C12H18N4O2S2. The Labute approximate surface area is 123 Å². The SMILES string of the molecule is C[C@@H](C#N)CSc1nnc(C[C@@H]2CCS(=O)(=O)C2)n1C. The van der Waals surface area contributed by atoms with E-state index in [9.17, 15) is 8.42 Å². The zero-order valence-corrected chi connectivity index (χ0v) is 13.2. The van der Waals surface area contributed by atoms with E-state index in [1.807, 2.05) is 18.5 Å². The van der Waals surface area contributed by atoms with Crippen molar-refractivity contribution in [2.45, 2.75) is 24.9 Å². The summed E-state index contributed by atoms with van der Waals surface area (Å²) < 4.78 is 24.8. The fraction of sp³-hybridized carbons (Fsp3) is 0.750. The van der Waals surface area contributed by atoms with E-state index in [0.717, 1.165) is 11.0 Å². The summed E-state index contributed by atoms with van der Waals surface area (Å²) in [7, 11) is -0.958. The van der Waals surface area contributed by atoms with E-state index in [2.05, 4.69) is 16.3 Å². The van der Waals surface area contributed by atoms with Crippen LogP contribution < -0.4 is 0 Å². The van der Waals surface area contributed by atoms with Crippen LogP contribution in [0.2, 0.25) is 0 Å². The van der Waals surface area contributed by atoms with Gasteiger partial charge in [-0.05, 0) is 19.3 Å². The molecular weight excluding hydrogens is 296 g/mol. The van der Waals surface area contributed by atoms with Crippen LogP contribution in [-0.2, 0) is 23.3 Å². The van der Waals surface area contributed by atoms with Gasteiger partial charge in [0.1, 0.15) is 5.82 Å². The number of rotatable bonds is 5. The van der Waals surface area contributed by atoms with Gasteiger partial charge in [-0.25, -0.2) is 8.42 Å². The largest absolute Gasteiger partial charge is 0.309 e. The Balaban J connectivity index is 1.97. The molecule has 8 heteroatoms. The van der Waals surface area contributed by atoms with Crippen molar-refractivity contribution >= 4 is 21.6 Å². The van der Waals surface area contributed by atoms with Crippen LogP contribution in [0.4, 0.5) is 0 Å². The second-order valence-corrected chi connectivity index (χ2v) is 8.49. The summed E-state index contributed by atoms with van der Waals surface area (Å²) >= 11 is 1.51. The van der Waals surface area contributed by atoms with Crippen molar-refractivity contribution < 1.29 is 8.42 Å². The third-order valence-electron chi connectivity index (χ3n) is 3.41. The molecule has 0 amide bonds. The van der Waals surface area contributed by atoms with Gasteiger partial charge in [0, 0.05) is 19.2 Å². The van der Waals surface area contributed by atoms with Gasteiger partial charge in [-0.3, -0.25) is 0 Å². The molecule has 2 rings (SSSR count). The fourth-order valence-corrected chi connectivity index (χ4v) is 4.91. The molecule has 6 nitrogen and oxygen atoms in total. The van der Waals surface area contributed by atoms with Crippen LogP contribution in [0.25, 0.3) is 0 Å². The smallest absolute Gasteiger partial charge is 0.190 e. The highest BCUT2D eigenvalue weighted by molar-refractivity contribution is 7.99. The highest BCUT2D eigenvalue weighted by atomic mass is 32.2. The Bertz CT molecular complexity index is 618. The maximum absolute atomic E-state index is 11.5. The second kappa shape index (κ2) is 6.14. The third kappa shape index (κ3) is 3.73. The van der Waals surface area contributed by atoms with E-state index < -0.39 is 9.84 Å². The number of nitriles is 1. The summed E-state index contributed by atoms with van der Waals surface area (Å²) in [4.78, 5) is 0. The van der Waals surface area contributed by atoms with Gasteiger partial charge in [0.2, 0.25) is 0 Å². The first-order valence-electron chi connectivity index (χ1n) is 6.52. The second-order valence-electron chi connectivity index (χ2n) is 5.27. The number of thioether (sulfide) groups is 1. The molecule has 1 aromatic heterocycles. The predicted molar refractivity (Wildman–Crippen MR) is 77.0 cm³/mol. The van der Waals surface area contributed by atoms with Crippen molar-refractivity contribution in [3.63, 3.8) is 0 Å². The molecule has 0 saturated carbocycles. The number of aromatic nitrogens is 3. The van der Waals surface area contributed by atoms with E-state index in [-0.39, 0.29) is 23.3 Å². The normalized spacial score (nSPS) is 22.6. The van der Waals surface area contributed by atoms with E-state index in [1.54, 1.807) is 0 Å². The maximum Gasteiger partial charge on any atom is 0.190 e. The van der Waals surface area contributed by atoms with E-state index in [0.29, 0.717) is 18.6 Å². The van der Waals surface area contributed by atoms with Crippen molar-refractivity contribution in [3.05, 3.63) is 5.82 Å². The molecule has 0 aliphatic carbocycles. The first kappa shape index (κ1) is 15.3. The zero-order valence-electron chi connectivity index (χ0n) is 11.6. The molecule has 0 radical (unpaired) electrons. The molecule has 0 aromatic carbocycles. The Morgan fingerprint density at radius 3 is 2.90 bits per heavy atom. The van der Waals surface area contributed by atoms with Crippen LogP contribution in [0.5, 0.6) is 0 Å². The average Bonchev–Trinajstić information content (AvgIpc) is 2.91. The molecule has 20 heavy (non-hydrogen) atoms. The molecule has 0 N–H and O–H groups in total. The van der Waals surface area contributed by atoms with E-state index in [4.69, 9.17) is 5.26 Å². The van der Waals surface area contributed by atoms with Gasteiger partial charge in [0.05, 0.1) is 23.5 Å². The van der Waals surface area contributed by atoms with Crippen molar-refractivity contribution in [1.82, 2.24) is 14.8 Å². The summed E-state index contributed by atoms with van der Waals surface area (Å²) in [6, 6.07) is 2.18. The van der Waals surface area contributed by atoms with Crippen molar-refractivity contribution in [1.29, 1.82) is 5.26 Å². The summed E-state index contributed by atoms with van der Waals surface area (Å²) in [6.45, 7) is 1.87. The molecule has 0 bridgehead atoms. The highest BCUT2D eigenvalue weighted by Gasteiger charge is 2.29. The average molecular weight is 314 g/mol. The van der Waals surface area contributed by atoms with E-state index in [1.165, 1.54) is 11.8 Å². The molecule has 1 aliphatic heterocycles. The van der Waals surface area contributed by atoms with Crippen LogP contribution in [0.1, 0.15) is 19.2 Å². The quantitative estimate of drug-likeness (QED) is 0.755. The standard InChI is InChI=1S/C12H18N4O2S2/c1-9(6-13)7-19-12-15-14-11(16(12)2)5-10-3-4-20(17,18)8-10/h9-10H,3-5,7-8H2,1-2H3/t9-,10-/m0/s1. The van der Waals surface area contributed by atoms with Gasteiger partial charge >= 0.3 is 0 Å². The molecule has 1 aromatic rings. The summed E-state index contributed by atoms with van der Waals surface area (Å²) in [5.74, 6) is 2.17. The first-order chi connectivity index (χ1) is 9.41. The minimum atomic E-state index is -2.85. The lowest BCUT2D eigenvalue weighted by atomic mass is 10.1. The van der Waals surface area contributed by atoms with Gasteiger partial charge < -0.3 is 4.57 Å². The van der Waals surface area contributed by atoms with Gasteiger partial charge in [0.25, 0.3) is 0 Å². The molecule has 1 aliphatic rings. The van der Waals surface area contributed by atoms with Crippen molar-refractivity contribution in [3.8, 4) is 6.07 Å². The zero-order chi connectivity index (χ0) is 14.8. The van der Waals surface area contributed by atoms with Crippen LogP contribution in [0, 0.1) is 23.2 Å². The topological polar surface area (TPSA) is 88.6 Å². The highest BCUT2D eigenvalue weighted by Crippen LogP contribution is 2.24. The minimum absolute atomic E-state index is 0.0277. The van der Waals surface area contributed by atoms with Gasteiger partial charge in [0.15, 0.2) is 15.0 Å². The van der Waals surface area contributed by atoms with Crippen LogP contribution >= 0.6 is 11.8 Å². The summed E-state index contributed by atoms with van der Waals surface area (Å²) in [5.41, 5.74) is 0. The van der Waals surface area contributed by atoms with E-state index >= 15 is 0 Å². The van der Waals surface area contributed by atoms with Crippen molar-refractivity contribution in [2.24, 2.45) is 18.9 Å². The minimum Gasteiger partial charge on any atom is -0.309 e. The van der Waals surface area contributed by atoms with Crippen LogP contribution in [-0.4, -0.2) is 40.4 Å². The molecule has 0 unspecified atom stereocenters. The Morgan fingerprint density at radius 1 is 1.55 bits per heavy atom. The Hall–Kier alpha value is -1.07.